The average Bonchev–Trinajstić information content (AvgIpc) is 2.99. The maximum Gasteiger partial charge on any atom is 0.407 e. The molecule has 1 atom stereocenters. The Morgan fingerprint density at radius 1 is 1.28 bits per heavy atom. The van der Waals surface area contributed by atoms with Crippen LogP contribution in [-0.4, -0.2) is 48.7 Å². The topological polar surface area (TPSA) is 67.9 Å². The van der Waals surface area contributed by atoms with Crippen LogP contribution in [0.4, 0.5) is 4.79 Å². The largest absolute Gasteiger partial charge is 0.484 e. The third-order valence-corrected chi connectivity index (χ3v) is 4.02. The average molecular weight is 348 g/mol. The summed E-state index contributed by atoms with van der Waals surface area (Å²) >= 11 is 0. The second-order valence-electron chi connectivity index (χ2n) is 7.43. The first kappa shape index (κ1) is 19.1. The fourth-order valence-electron chi connectivity index (χ4n) is 2.72. The van der Waals surface area contributed by atoms with Crippen LogP contribution < -0.4 is 10.1 Å². The first-order chi connectivity index (χ1) is 11.7. The summed E-state index contributed by atoms with van der Waals surface area (Å²) in [7, 11) is 0. The Morgan fingerprint density at radius 2 is 2.00 bits per heavy atom. The third-order valence-electron chi connectivity index (χ3n) is 4.02. The zero-order chi connectivity index (χ0) is 18.4. The van der Waals surface area contributed by atoms with E-state index >= 15 is 0 Å². The number of hydrogen-bond donors (Lipinski definition) is 1. The SMILES string of the molecule is Cc1ccccc1OCC(=O)N1CC[C@H](CNC(=O)OC(C)(C)C)C1. The second-order valence-corrected chi connectivity index (χ2v) is 7.43. The fourth-order valence-corrected chi connectivity index (χ4v) is 2.72. The van der Waals surface area contributed by atoms with Crippen molar-refractivity contribution in [1.82, 2.24) is 10.2 Å². The van der Waals surface area contributed by atoms with E-state index in [1.807, 2.05) is 52.0 Å². The van der Waals surface area contributed by atoms with Crippen LogP contribution in [-0.2, 0) is 9.53 Å². The molecular weight excluding hydrogens is 320 g/mol. The summed E-state index contributed by atoms with van der Waals surface area (Å²) in [6, 6.07) is 7.64. The molecular formula is C19H28N2O4. The van der Waals surface area contributed by atoms with E-state index < -0.39 is 11.7 Å². The highest BCUT2D eigenvalue weighted by Crippen LogP contribution is 2.18. The lowest BCUT2D eigenvalue weighted by molar-refractivity contribution is -0.132. The van der Waals surface area contributed by atoms with Crippen molar-refractivity contribution >= 4 is 12.0 Å². The monoisotopic (exact) mass is 348 g/mol. The van der Waals surface area contributed by atoms with Crippen molar-refractivity contribution in [3.63, 3.8) is 0 Å². The van der Waals surface area contributed by atoms with Crippen molar-refractivity contribution in [2.24, 2.45) is 5.92 Å². The van der Waals surface area contributed by atoms with Gasteiger partial charge in [0.05, 0.1) is 0 Å². The normalized spacial score (nSPS) is 17.3. The van der Waals surface area contributed by atoms with Gasteiger partial charge in [-0.3, -0.25) is 4.79 Å². The van der Waals surface area contributed by atoms with Crippen molar-refractivity contribution in [2.45, 2.75) is 39.7 Å². The van der Waals surface area contributed by atoms with Crippen LogP contribution in [0.1, 0.15) is 32.8 Å². The van der Waals surface area contributed by atoms with E-state index in [9.17, 15) is 9.59 Å². The first-order valence-corrected chi connectivity index (χ1v) is 8.67. The number of alkyl carbamates (subject to hydrolysis) is 1. The minimum absolute atomic E-state index is 0.0250. The number of rotatable bonds is 5. The van der Waals surface area contributed by atoms with Crippen molar-refractivity contribution in [3.05, 3.63) is 29.8 Å². The highest BCUT2D eigenvalue weighted by molar-refractivity contribution is 5.78. The Labute approximate surface area is 149 Å². The van der Waals surface area contributed by atoms with Gasteiger partial charge in [0.1, 0.15) is 11.4 Å². The van der Waals surface area contributed by atoms with Gasteiger partial charge in [0.15, 0.2) is 6.61 Å². The molecule has 0 unspecified atom stereocenters. The molecule has 1 N–H and O–H groups in total. The van der Waals surface area contributed by atoms with Crippen molar-refractivity contribution in [3.8, 4) is 5.75 Å². The summed E-state index contributed by atoms with van der Waals surface area (Å²) < 4.78 is 10.8. The van der Waals surface area contributed by atoms with Crippen LogP contribution in [0.25, 0.3) is 0 Å². The Kier molecular flexibility index (Phi) is 6.28. The summed E-state index contributed by atoms with van der Waals surface area (Å²) in [5, 5.41) is 2.78. The number of hydrogen-bond acceptors (Lipinski definition) is 4. The molecule has 1 aromatic rings. The highest BCUT2D eigenvalue weighted by atomic mass is 16.6. The molecule has 0 bridgehead atoms. The molecule has 6 heteroatoms. The van der Waals surface area contributed by atoms with Crippen molar-refractivity contribution in [2.75, 3.05) is 26.2 Å². The molecule has 0 aliphatic carbocycles. The predicted octanol–water partition coefficient (Wildman–Crippen LogP) is 2.75. The van der Waals surface area contributed by atoms with Gasteiger partial charge in [0, 0.05) is 19.6 Å². The van der Waals surface area contributed by atoms with E-state index in [-0.39, 0.29) is 18.4 Å². The number of carbonyl (C=O) groups is 2. The molecule has 0 saturated carbocycles. The molecule has 25 heavy (non-hydrogen) atoms. The maximum absolute atomic E-state index is 12.3. The Balaban J connectivity index is 1.72. The van der Waals surface area contributed by atoms with E-state index in [4.69, 9.17) is 9.47 Å². The molecule has 0 spiro atoms. The lowest BCUT2D eigenvalue weighted by Gasteiger charge is -2.21. The minimum atomic E-state index is -0.505. The van der Waals surface area contributed by atoms with E-state index in [1.54, 1.807) is 4.90 Å². The van der Waals surface area contributed by atoms with Crippen LogP contribution in [0.3, 0.4) is 0 Å². The number of nitrogens with zero attached hydrogens (tertiary/aromatic N) is 1. The summed E-state index contributed by atoms with van der Waals surface area (Å²) in [4.78, 5) is 25.8. The van der Waals surface area contributed by atoms with Gasteiger partial charge in [0.2, 0.25) is 0 Å². The summed E-state index contributed by atoms with van der Waals surface area (Å²) in [5.74, 6) is 0.955. The molecule has 138 valence electrons. The Morgan fingerprint density at radius 3 is 2.68 bits per heavy atom. The maximum atomic E-state index is 12.3. The smallest absolute Gasteiger partial charge is 0.407 e. The van der Waals surface area contributed by atoms with Gasteiger partial charge >= 0.3 is 6.09 Å². The lowest BCUT2D eigenvalue weighted by atomic mass is 10.1. The third kappa shape index (κ3) is 6.29. The van der Waals surface area contributed by atoms with Crippen molar-refractivity contribution < 1.29 is 19.1 Å². The quantitative estimate of drug-likeness (QED) is 0.888. The molecule has 1 aliphatic heterocycles. The van der Waals surface area contributed by atoms with Crippen LogP contribution in [0, 0.1) is 12.8 Å². The van der Waals surface area contributed by atoms with E-state index in [2.05, 4.69) is 5.32 Å². The predicted molar refractivity (Wildman–Crippen MR) is 95.6 cm³/mol. The van der Waals surface area contributed by atoms with E-state index in [1.165, 1.54) is 0 Å². The van der Waals surface area contributed by atoms with Crippen LogP contribution in [0.15, 0.2) is 24.3 Å². The Hall–Kier alpha value is -2.24. The lowest BCUT2D eigenvalue weighted by Crippen LogP contribution is -2.37. The van der Waals surface area contributed by atoms with Gasteiger partial charge in [-0.15, -0.1) is 0 Å². The molecule has 1 aliphatic rings. The zero-order valence-electron chi connectivity index (χ0n) is 15.5. The molecule has 1 heterocycles. The highest BCUT2D eigenvalue weighted by Gasteiger charge is 2.27. The standard InChI is InChI=1S/C19H28N2O4/c1-14-7-5-6-8-16(14)24-13-17(22)21-10-9-15(12-21)11-20-18(23)25-19(2,3)4/h5-8,15H,9-13H2,1-4H3,(H,20,23)/t15-/m1/s1. The van der Waals surface area contributed by atoms with Gasteiger partial charge in [-0.05, 0) is 51.7 Å². The molecule has 2 amide bonds. The number of ether oxygens (including phenoxy) is 2. The Bertz CT molecular complexity index is 610. The van der Waals surface area contributed by atoms with Gasteiger partial charge in [-0.2, -0.15) is 0 Å². The van der Waals surface area contributed by atoms with Gasteiger partial charge < -0.3 is 19.7 Å². The summed E-state index contributed by atoms with van der Waals surface area (Å²) in [6.45, 7) is 9.32. The van der Waals surface area contributed by atoms with E-state index in [0.29, 0.717) is 19.6 Å². The molecule has 1 aromatic carbocycles. The van der Waals surface area contributed by atoms with Gasteiger partial charge in [0.25, 0.3) is 5.91 Å². The summed E-state index contributed by atoms with van der Waals surface area (Å²) in [5.41, 5.74) is 0.505. The molecule has 6 nitrogen and oxygen atoms in total. The molecule has 1 saturated heterocycles. The fraction of sp³-hybridized carbons (Fsp3) is 0.579. The molecule has 1 fully saturated rings. The van der Waals surface area contributed by atoms with E-state index in [0.717, 1.165) is 17.7 Å². The van der Waals surface area contributed by atoms with Crippen LogP contribution in [0.2, 0.25) is 0 Å². The number of para-hydroxylation sites is 1. The number of benzene rings is 1. The zero-order valence-corrected chi connectivity index (χ0v) is 15.5. The number of amides is 2. The summed E-state index contributed by atoms with van der Waals surface area (Å²) in [6.07, 6.45) is 0.450. The number of carbonyl (C=O) groups excluding carboxylic acids is 2. The minimum Gasteiger partial charge on any atom is -0.484 e. The first-order valence-electron chi connectivity index (χ1n) is 8.67. The molecule has 0 aromatic heterocycles. The number of nitrogens with one attached hydrogen (secondary N) is 1. The second kappa shape index (κ2) is 8.23. The van der Waals surface area contributed by atoms with Crippen LogP contribution >= 0.6 is 0 Å². The van der Waals surface area contributed by atoms with Gasteiger partial charge in [-0.1, -0.05) is 18.2 Å². The number of likely N-dealkylation sites (tertiary alicyclic amines) is 1. The van der Waals surface area contributed by atoms with Crippen molar-refractivity contribution in [1.29, 1.82) is 0 Å². The van der Waals surface area contributed by atoms with Crippen LogP contribution in [0.5, 0.6) is 5.75 Å². The number of aryl methyl sites for hydroxylation is 1. The molecule has 0 radical (unpaired) electrons. The molecule has 2 rings (SSSR count). The van der Waals surface area contributed by atoms with Gasteiger partial charge in [-0.25, -0.2) is 4.79 Å².